The Morgan fingerprint density at radius 1 is 1.33 bits per heavy atom. The number of carbonyl (C=O) groups is 1. The van der Waals surface area contributed by atoms with E-state index in [1.807, 2.05) is 6.07 Å². The Kier molecular flexibility index (Phi) is 4.37. The summed E-state index contributed by atoms with van der Waals surface area (Å²) in [5.74, 6) is 0.716. The average Bonchev–Trinajstić information content (AvgIpc) is 2.28. The van der Waals surface area contributed by atoms with Gasteiger partial charge in [0, 0.05) is 32.6 Å². The first kappa shape index (κ1) is 13.1. The van der Waals surface area contributed by atoms with Gasteiger partial charge in [0.25, 0.3) is 0 Å². The molecule has 0 aliphatic carbocycles. The zero-order valence-electron chi connectivity index (χ0n) is 11.2. The molecule has 2 atom stereocenters. The van der Waals surface area contributed by atoms with E-state index < -0.39 is 0 Å². The number of hydrogen-bond donors (Lipinski definition) is 1. The van der Waals surface area contributed by atoms with E-state index in [2.05, 4.69) is 41.4 Å². The number of amides is 1. The van der Waals surface area contributed by atoms with Crippen molar-refractivity contribution in [3.8, 4) is 0 Å². The number of carbonyl (C=O) groups excluding carboxylic acids is 1. The van der Waals surface area contributed by atoms with E-state index in [-0.39, 0.29) is 5.91 Å². The van der Waals surface area contributed by atoms with Gasteiger partial charge >= 0.3 is 0 Å². The molecule has 1 aliphatic heterocycles. The highest BCUT2D eigenvalue weighted by Gasteiger charge is 2.24. The molecule has 1 N–H and O–H groups in total. The molecule has 0 spiro atoms. The zero-order chi connectivity index (χ0) is 13.0. The van der Waals surface area contributed by atoms with Crippen LogP contribution in [-0.4, -0.2) is 29.9 Å². The maximum absolute atomic E-state index is 11.2. The average molecular weight is 246 g/mol. The third kappa shape index (κ3) is 3.84. The Hall–Kier alpha value is -1.35. The predicted octanol–water partition coefficient (Wildman–Crippen LogP) is 2.03. The zero-order valence-corrected chi connectivity index (χ0v) is 11.2. The Balaban J connectivity index is 1.94. The second kappa shape index (κ2) is 6.01. The van der Waals surface area contributed by atoms with Crippen LogP contribution < -0.4 is 5.32 Å². The molecule has 1 aromatic carbocycles. The molecule has 0 radical (unpaired) electrons. The topological polar surface area (TPSA) is 32.3 Å². The lowest BCUT2D eigenvalue weighted by Gasteiger charge is -2.36. The van der Waals surface area contributed by atoms with E-state index in [1.54, 1.807) is 6.92 Å². The summed E-state index contributed by atoms with van der Waals surface area (Å²) < 4.78 is 0. The Morgan fingerprint density at radius 3 is 2.72 bits per heavy atom. The molecule has 1 aliphatic rings. The summed E-state index contributed by atoms with van der Waals surface area (Å²) in [6.45, 7) is 6.90. The highest BCUT2D eigenvalue weighted by molar-refractivity contribution is 5.73. The highest BCUT2D eigenvalue weighted by Crippen LogP contribution is 2.18. The van der Waals surface area contributed by atoms with E-state index in [1.165, 1.54) is 5.56 Å². The minimum absolute atomic E-state index is 0.0776. The number of hydrogen-bond acceptors (Lipinski definition) is 2. The molecular weight excluding hydrogens is 224 g/mol. The molecule has 0 bridgehead atoms. The van der Waals surface area contributed by atoms with E-state index >= 15 is 0 Å². The van der Waals surface area contributed by atoms with Crippen molar-refractivity contribution in [2.75, 3.05) is 13.1 Å². The summed E-state index contributed by atoms with van der Waals surface area (Å²) in [4.78, 5) is 13.6. The van der Waals surface area contributed by atoms with Gasteiger partial charge in [-0.25, -0.2) is 0 Å². The molecule has 2 unspecified atom stereocenters. The summed E-state index contributed by atoms with van der Waals surface area (Å²) in [7, 11) is 0. The van der Waals surface area contributed by atoms with Gasteiger partial charge in [0.05, 0.1) is 0 Å². The van der Waals surface area contributed by atoms with Crippen LogP contribution in [0.15, 0.2) is 30.3 Å². The van der Waals surface area contributed by atoms with Gasteiger partial charge in [-0.1, -0.05) is 37.3 Å². The van der Waals surface area contributed by atoms with Crippen molar-refractivity contribution < 1.29 is 4.79 Å². The molecule has 3 nitrogen and oxygen atoms in total. The van der Waals surface area contributed by atoms with E-state index in [0.29, 0.717) is 12.0 Å². The normalized spacial score (nSPS) is 24.8. The van der Waals surface area contributed by atoms with Crippen LogP contribution in [0.1, 0.15) is 25.8 Å². The highest BCUT2D eigenvalue weighted by atomic mass is 16.1. The molecular formula is C15H22N2O. The molecule has 2 rings (SSSR count). The van der Waals surface area contributed by atoms with Gasteiger partial charge in [-0.3, -0.25) is 9.69 Å². The van der Waals surface area contributed by atoms with Gasteiger partial charge in [-0.05, 0) is 17.9 Å². The second-order valence-electron chi connectivity index (χ2n) is 5.42. The van der Waals surface area contributed by atoms with Crippen LogP contribution in [0.2, 0.25) is 0 Å². The van der Waals surface area contributed by atoms with Crippen LogP contribution >= 0.6 is 0 Å². The fraction of sp³-hybridized carbons (Fsp3) is 0.533. The van der Waals surface area contributed by atoms with E-state index in [9.17, 15) is 4.79 Å². The maximum Gasteiger partial charge on any atom is 0.217 e. The number of nitrogens with zero attached hydrogens (tertiary/aromatic N) is 1. The fourth-order valence-electron chi connectivity index (χ4n) is 2.82. The van der Waals surface area contributed by atoms with Gasteiger partial charge in [0.2, 0.25) is 5.91 Å². The monoisotopic (exact) mass is 246 g/mol. The molecule has 1 aromatic rings. The Morgan fingerprint density at radius 2 is 2.06 bits per heavy atom. The SMILES string of the molecule is CC(=O)NC1CC(C)CN(Cc2ccccc2)C1. The van der Waals surface area contributed by atoms with Crippen molar-refractivity contribution in [1.82, 2.24) is 10.2 Å². The molecule has 98 valence electrons. The first-order chi connectivity index (χ1) is 8.63. The maximum atomic E-state index is 11.2. The van der Waals surface area contributed by atoms with Crippen molar-refractivity contribution in [2.45, 2.75) is 32.9 Å². The third-order valence-corrected chi connectivity index (χ3v) is 3.39. The number of rotatable bonds is 3. The van der Waals surface area contributed by atoms with Crippen molar-refractivity contribution in [3.63, 3.8) is 0 Å². The van der Waals surface area contributed by atoms with Gasteiger partial charge < -0.3 is 5.32 Å². The van der Waals surface area contributed by atoms with Gasteiger partial charge in [-0.15, -0.1) is 0 Å². The van der Waals surface area contributed by atoms with Crippen LogP contribution in [0.25, 0.3) is 0 Å². The number of piperidine rings is 1. The smallest absolute Gasteiger partial charge is 0.217 e. The summed E-state index contributed by atoms with van der Waals surface area (Å²) >= 11 is 0. The van der Waals surface area contributed by atoms with Crippen LogP contribution in [0.3, 0.4) is 0 Å². The standard InChI is InChI=1S/C15H22N2O/c1-12-8-15(16-13(2)18)11-17(9-12)10-14-6-4-3-5-7-14/h3-7,12,15H,8-11H2,1-2H3,(H,16,18). The largest absolute Gasteiger partial charge is 0.352 e. The molecule has 1 saturated heterocycles. The number of benzene rings is 1. The van der Waals surface area contributed by atoms with Crippen molar-refractivity contribution in [2.24, 2.45) is 5.92 Å². The molecule has 1 heterocycles. The number of nitrogens with one attached hydrogen (secondary N) is 1. The molecule has 1 fully saturated rings. The minimum Gasteiger partial charge on any atom is -0.352 e. The van der Waals surface area contributed by atoms with Crippen LogP contribution in [0, 0.1) is 5.92 Å². The first-order valence-corrected chi connectivity index (χ1v) is 6.67. The van der Waals surface area contributed by atoms with Crippen LogP contribution in [0.5, 0.6) is 0 Å². The quantitative estimate of drug-likeness (QED) is 0.885. The van der Waals surface area contributed by atoms with Crippen LogP contribution in [-0.2, 0) is 11.3 Å². The van der Waals surface area contributed by atoms with Crippen molar-refractivity contribution in [3.05, 3.63) is 35.9 Å². The fourth-order valence-corrected chi connectivity index (χ4v) is 2.82. The first-order valence-electron chi connectivity index (χ1n) is 6.67. The Labute approximate surface area is 109 Å². The van der Waals surface area contributed by atoms with Gasteiger partial charge in [-0.2, -0.15) is 0 Å². The number of likely N-dealkylation sites (tertiary alicyclic amines) is 1. The molecule has 18 heavy (non-hydrogen) atoms. The lowest BCUT2D eigenvalue weighted by Crippen LogP contribution is -2.49. The van der Waals surface area contributed by atoms with E-state index in [0.717, 1.165) is 26.1 Å². The summed E-state index contributed by atoms with van der Waals surface area (Å²) in [5, 5.41) is 3.05. The summed E-state index contributed by atoms with van der Waals surface area (Å²) in [6, 6.07) is 10.8. The summed E-state index contributed by atoms with van der Waals surface area (Å²) in [5.41, 5.74) is 1.34. The molecule has 0 aromatic heterocycles. The second-order valence-corrected chi connectivity index (χ2v) is 5.42. The molecule has 3 heteroatoms. The van der Waals surface area contributed by atoms with Crippen molar-refractivity contribution >= 4 is 5.91 Å². The summed E-state index contributed by atoms with van der Waals surface area (Å²) in [6.07, 6.45) is 1.09. The molecule has 0 saturated carbocycles. The lowest BCUT2D eigenvalue weighted by atomic mass is 9.95. The lowest BCUT2D eigenvalue weighted by molar-refractivity contribution is -0.120. The van der Waals surface area contributed by atoms with Crippen LogP contribution in [0.4, 0.5) is 0 Å². The predicted molar refractivity (Wildman–Crippen MR) is 73.1 cm³/mol. The van der Waals surface area contributed by atoms with E-state index in [4.69, 9.17) is 0 Å². The van der Waals surface area contributed by atoms with Gasteiger partial charge in [0.15, 0.2) is 0 Å². The minimum atomic E-state index is 0.0776. The van der Waals surface area contributed by atoms with Crippen molar-refractivity contribution in [1.29, 1.82) is 0 Å². The Bertz CT molecular complexity index is 391. The third-order valence-electron chi connectivity index (χ3n) is 3.39. The van der Waals surface area contributed by atoms with Gasteiger partial charge in [0.1, 0.15) is 0 Å². The molecule has 1 amide bonds.